The highest BCUT2D eigenvalue weighted by atomic mass is 32.2. The number of amides is 1. The molecule has 3 heterocycles. The summed E-state index contributed by atoms with van der Waals surface area (Å²) in [6.45, 7) is 0.214. The summed E-state index contributed by atoms with van der Waals surface area (Å²) in [5.41, 5.74) is 2.23. The molecule has 0 aliphatic carbocycles. The fourth-order valence-electron chi connectivity index (χ4n) is 3.85. The lowest BCUT2D eigenvalue weighted by Gasteiger charge is -2.17. The molecule has 0 bridgehead atoms. The summed E-state index contributed by atoms with van der Waals surface area (Å²) in [6.07, 6.45) is 0.504. The van der Waals surface area contributed by atoms with Gasteiger partial charge in [0.05, 0.1) is 7.11 Å². The number of fused-ring (bicyclic) bond motifs is 2. The normalized spacial score (nSPS) is 16.1. The predicted octanol–water partition coefficient (Wildman–Crippen LogP) is 3.46. The smallest absolute Gasteiger partial charge is 0.252 e. The SMILES string of the molecule is COc1c(Cc2ccc3c(c2)OCO3)cc(=O)n2c1SC[C@H]2C(=O)Nc1ccccc1. The third kappa shape index (κ3) is 3.63. The Kier molecular flexibility index (Phi) is 5.07. The van der Waals surface area contributed by atoms with Crippen LogP contribution in [0.15, 0.2) is 64.4 Å². The molecule has 0 unspecified atom stereocenters. The van der Waals surface area contributed by atoms with Crippen molar-refractivity contribution in [3.05, 3.63) is 76.1 Å². The Labute approximate surface area is 182 Å². The van der Waals surface area contributed by atoms with Gasteiger partial charge in [-0.2, -0.15) is 0 Å². The van der Waals surface area contributed by atoms with Crippen molar-refractivity contribution in [3.8, 4) is 17.2 Å². The van der Waals surface area contributed by atoms with E-state index in [9.17, 15) is 9.59 Å². The van der Waals surface area contributed by atoms with Crippen molar-refractivity contribution in [1.82, 2.24) is 4.57 Å². The maximum atomic E-state index is 13.0. The lowest BCUT2D eigenvalue weighted by molar-refractivity contribution is -0.118. The first-order chi connectivity index (χ1) is 15.1. The van der Waals surface area contributed by atoms with Crippen LogP contribution in [0.25, 0.3) is 0 Å². The van der Waals surface area contributed by atoms with Crippen LogP contribution in [0.4, 0.5) is 5.69 Å². The fourth-order valence-corrected chi connectivity index (χ4v) is 5.17. The summed E-state index contributed by atoms with van der Waals surface area (Å²) >= 11 is 1.46. The Morgan fingerprint density at radius 2 is 1.97 bits per heavy atom. The van der Waals surface area contributed by atoms with Crippen molar-refractivity contribution in [3.63, 3.8) is 0 Å². The van der Waals surface area contributed by atoms with Crippen LogP contribution >= 0.6 is 11.8 Å². The van der Waals surface area contributed by atoms with Crippen LogP contribution in [0.3, 0.4) is 0 Å². The lowest BCUT2D eigenvalue weighted by Crippen LogP contribution is -2.32. The molecule has 0 saturated heterocycles. The number of ether oxygens (including phenoxy) is 3. The van der Waals surface area contributed by atoms with Gasteiger partial charge in [0.15, 0.2) is 17.2 Å². The van der Waals surface area contributed by atoms with Crippen molar-refractivity contribution in [2.45, 2.75) is 17.5 Å². The number of rotatable bonds is 5. The van der Waals surface area contributed by atoms with E-state index in [1.54, 1.807) is 13.2 Å². The number of para-hydroxylation sites is 1. The maximum Gasteiger partial charge on any atom is 0.252 e. The highest BCUT2D eigenvalue weighted by Gasteiger charge is 2.33. The molecule has 3 aromatic rings. The van der Waals surface area contributed by atoms with Crippen LogP contribution in [0.1, 0.15) is 17.2 Å². The van der Waals surface area contributed by atoms with Crippen molar-refractivity contribution in [2.75, 3.05) is 25.0 Å². The first kappa shape index (κ1) is 19.6. The summed E-state index contributed by atoms with van der Waals surface area (Å²) in [5.74, 6) is 2.29. The van der Waals surface area contributed by atoms with Crippen LogP contribution in [0, 0.1) is 0 Å². The zero-order valence-electron chi connectivity index (χ0n) is 16.8. The van der Waals surface area contributed by atoms with E-state index in [0.29, 0.717) is 40.1 Å². The second-order valence-electron chi connectivity index (χ2n) is 7.26. The molecule has 1 N–H and O–H groups in total. The monoisotopic (exact) mass is 436 g/mol. The molecular formula is C23H20N2O5S. The standard InChI is InChI=1S/C23H20N2O5S/c1-28-21-15(9-14-7-8-18-19(10-14)30-13-29-18)11-20(26)25-17(12-31-23(21)25)22(27)24-16-5-3-2-4-6-16/h2-8,10-11,17H,9,12-13H2,1H3,(H,24,27)/t17-/m0/s1. The molecule has 2 aromatic carbocycles. The summed E-state index contributed by atoms with van der Waals surface area (Å²) in [6, 6.07) is 15.9. The molecule has 1 aromatic heterocycles. The number of methoxy groups -OCH3 is 1. The van der Waals surface area contributed by atoms with E-state index in [4.69, 9.17) is 14.2 Å². The fraction of sp³-hybridized carbons (Fsp3) is 0.217. The van der Waals surface area contributed by atoms with Crippen molar-refractivity contribution in [2.24, 2.45) is 0 Å². The minimum Gasteiger partial charge on any atom is -0.494 e. The molecular weight excluding hydrogens is 416 g/mol. The zero-order chi connectivity index (χ0) is 21.4. The molecule has 0 spiro atoms. The van der Waals surface area contributed by atoms with Gasteiger partial charge in [0.1, 0.15) is 11.1 Å². The van der Waals surface area contributed by atoms with Crippen LogP contribution in [0.5, 0.6) is 17.2 Å². The summed E-state index contributed by atoms with van der Waals surface area (Å²) in [4.78, 5) is 25.9. The number of benzene rings is 2. The third-order valence-corrected chi connectivity index (χ3v) is 6.45. The summed E-state index contributed by atoms with van der Waals surface area (Å²) < 4.78 is 18.0. The molecule has 0 radical (unpaired) electrons. The molecule has 158 valence electrons. The predicted molar refractivity (Wildman–Crippen MR) is 117 cm³/mol. The van der Waals surface area contributed by atoms with Crippen LogP contribution in [-0.2, 0) is 11.2 Å². The molecule has 7 nitrogen and oxygen atoms in total. The zero-order valence-corrected chi connectivity index (χ0v) is 17.6. The number of nitrogens with zero attached hydrogens (tertiary/aromatic N) is 1. The number of thioether (sulfide) groups is 1. The molecule has 0 fully saturated rings. The van der Waals surface area contributed by atoms with Gasteiger partial charge in [0.2, 0.25) is 12.7 Å². The van der Waals surface area contributed by atoms with Gasteiger partial charge in [0.25, 0.3) is 5.56 Å². The molecule has 0 saturated carbocycles. The van der Waals surface area contributed by atoms with Crippen LogP contribution in [-0.4, -0.2) is 30.1 Å². The number of pyridine rings is 1. The number of hydrogen-bond acceptors (Lipinski definition) is 6. The van der Waals surface area contributed by atoms with E-state index >= 15 is 0 Å². The second kappa shape index (κ2) is 8.03. The van der Waals surface area contributed by atoms with Gasteiger partial charge in [-0.1, -0.05) is 24.3 Å². The topological polar surface area (TPSA) is 78.8 Å². The largest absolute Gasteiger partial charge is 0.494 e. The molecule has 31 heavy (non-hydrogen) atoms. The Balaban J connectivity index is 1.45. The van der Waals surface area contributed by atoms with Crippen molar-refractivity contribution in [1.29, 1.82) is 0 Å². The van der Waals surface area contributed by atoms with Gasteiger partial charge in [-0.05, 0) is 29.8 Å². The van der Waals surface area contributed by atoms with Gasteiger partial charge in [-0.3, -0.25) is 14.2 Å². The number of carbonyl (C=O) groups excluding carboxylic acids is 1. The van der Waals surface area contributed by atoms with E-state index in [2.05, 4.69) is 5.32 Å². The average molecular weight is 436 g/mol. The first-order valence-electron chi connectivity index (χ1n) is 9.83. The van der Waals surface area contributed by atoms with Crippen LogP contribution in [0.2, 0.25) is 0 Å². The average Bonchev–Trinajstić information content (AvgIpc) is 3.42. The van der Waals surface area contributed by atoms with Crippen molar-refractivity contribution >= 4 is 23.4 Å². The van der Waals surface area contributed by atoms with Crippen molar-refractivity contribution < 1.29 is 19.0 Å². The second-order valence-corrected chi connectivity index (χ2v) is 8.27. The van der Waals surface area contributed by atoms with E-state index in [-0.39, 0.29) is 18.3 Å². The number of hydrogen-bond donors (Lipinski definition) is 1. The molecule has 1 atom stereocenters. The first-order valence-corrected chi connectivity index (χ1v) is 10.8. The molecule has 5 rings (SSSR count). The van der Waals surface area contributed by atoms with E-state index in [0.717, 1.165) is 11.1 Å². The molecule has 1 amide bonds. The molecule has 8 heteroatoms. The minimum absolute atomic E-state index is 0.214. The highest BCUT2D eigenvalue weighted by Crippen LogP contribution is 2.41. The van der Waals surface area contributed by atoms with Gasteiger partial charge in [0, 0.05) is 29.5 Å². The summed E-state index contributed by atoms with van der Waals surface area (Å²) in [7, 11) is 1.59. The van der Waals surface area contributed by atoms with E-state index in [1.807, 2.05) is 48.5 Å². The van der Waals surface area contributed by atoms with Gasteiger partial charge in [-0.15, -0.1) is 11.8 Å². The lowest BCUT2D eigenvalue weighted by atomic mass is 10.0. The van der Waals surface area contributed by atoms with E-state index < -0.39 is 6.04 Å². The number of carbonyl (C=O) groups is 1. The summed E-state index contributed by atoms with van der Waals surface area (Å²) in [5, 5.41) is 3.57. The van der Waals surface area contributed by atoms with E-state index in [1.165, 1.54) is 16.3 Å². The number of anilines is 1. The van der Waals surface area contributed by atoms with Gasteiger partial charge in [-0.25, -0.2) is 0 Å². The third-order valence-electron chi connectivity index (χ3n) is 5.31. The highest BCUT2D eigenvalue weighted by molar-refractivity contribution is 7.99. The Hall–Kier alpha value is -3.39. The van der Waals surface area contributed by atoms with Gasteiger partial charge >= 0.3 is 0 Å². The quantitative estimate of drug-likeness (QED) is 0.660. The van der Waals surface area contributed by atoms with Gasteiger partial charge < -0.3 is 19.5 Å². The number of aromatic nitrogens is 1. The molecule has 2 aliphatic heterocycles. The minimum atomic E-state index is -0.596. The molecule has 2 aliphatic rings. The Morgan fingerprint density at radius 1 is 1.16 bits per heavy atom. The Bertz CT molecular complexity index is 1210. The number of nitrogens with one attached hydrogen (secondary N) is 1. The maximum absolute atomic E-state index is 13.0. The Morgan fingerprint density at radius 3 is 2.77 bits per heavy atom. The van der Waals surface area contributed by atoms with Crippen LogP contribution < -0.4 is 25.1 Å².